The Labute approximate surface area is 252 Å². The van der Waals surface area contributed by atoms with E-state index in [9.17, 15) is 4.79 Å². The summed E-state index contributed by atoms with van der Waals surface area (Å²) in [5, 5.41) is 6.95. The monoisotopic (exact) mass is 572 g/mol. The van der Waals surface area contributed by atoms with Crippen LogP contribution in [-0.2, 0) is 6.42 Å². The molecule has 1 aliphatic rings. The summed E-state index contributed by atoms with van der Waals surface area (Å²) in [6, 6.07) is 18.0. The first kappa shape index (κ1) is 28.4. The largest absolute Gasteiger partial charge is 0.356 e. The lowest BCUT2D eigenvalue weighted by Crippen LogP contribution is -2.23. The highest BCUT2D eigenvalue weighted by atomic mass is 16.5. The second kappa shape index (κ2) is 12.7. The average molecular weight is 573 g/mol. The Morgan fingerprint density at radius 2 is 1.81 bits per heavy atom. The molecule has 1 amide bonds. The molecule has 1 saturated heterocycles. The first-order valence-corrected chi connectivity index (χ1v) is 14.8. The molecule has 6 rings (SSSR count). The van der Waals surface area contributed by atoms with Gasteiger partial charge in [-0.1, -0.05) is 29.8 Å². The zero-order valence-electron chi connectivity index (χ0n) is 24.9. The molecule has 3 aromatic heterocycles. The van der Waals surface area contributed by atoms with Crippen LogP contribution in [0.1, 0.15) is 63.6 Å². The number of pyridine rings is 1. The highest BCUT2D eigenvalue weighted by Gasteiger charge is 2.18. The summed E-state index contributed by atoms with van der Waals surface area (Å²) in [5.41, 5.74) is 8.23. The van der Waals surface area contributed by atoms with Gasteiger partial charge >= 0.3 is 0 Å². The summed E-state index contributed by atoms with van der Waals surface area (Å²) in [4.78, 5) is 29.4. The van der Waals surface area contributed by atoms with Crippen molar-refractivity contribution in [2.45, 2.75) is 45.4 Å². The van der Waals surface area contributed by atoms with E-state index < -0.39 is 0 Å². The Kier molecular flexibility index (Phi) is 8.38. The predicted molar refractivity (Wildman–Crippen MR) is 168 cm³/mol. The number of benzene rings is 2. The Balaban J connectivity index is 1.16. The van der Waals surface area contributed by atoms with Crippen LogP contribution < -0.4 is 5.32 Å². The number of anilines is 1. The molecule has 43 heavy (non-hydrogen) atoms. The molecular formula is C35H36N6O2. The number of amides is 1. The Morgan fingerprint density at radius 3 is 2.63 bits per heavy atom. The Hall–Kier alpha value is -4.69. The van der Waals surface area contributed by atoms with Gasteiger partial charge in [0.1, 0.15) is 5.82 Å². The number of rotatable bonds is 7. The molecule has 8 heteroatoms. The standard InChI is InChI=1S/C35H36N6O2/c1-23-7-8-26(35(42)39-31-11-9-25(10-12-31)27-6-4-5-15-41(3)22-27)16-28(23)18-33-37-14-13-32(40-33)29-17-30(21-36-20-29)34-24(2)19-38-43-34/h7-14,16-17,19-21,27H,4-6,15,18,22H2,1-3H3,(H,39,42). The van der Waals surface area contributed by atoms with Crippen molar-refractivity contribution in [2.24, 2.45) is 0 Å². The molecular weight excluding hydrogens is 536 g/mol. The van der Waals surface area contributed by atoms with Crippen molar-refractivity contribution < 1.29 is 9.32 Å². The summed E-state index contributed by atoms with van der Waals surface area (Å²) in [6.45, 7) is 6.23. The summed E-state index contributed by atoms with van der Waals surface area (Å²) in [5.74, 6) is 1.76. The summed E-state index contributed by atoms with van der Waals surface area (Å²) >= 11 is 0. The van der Waals surface area contributed by atoms with Gasteiger partial charge in [0.05, 0.1) is 11.9 Å². The summed E-state index contributed by atoms with van der Waals surface area (Å²) in [7, 11) is 2.20. The van der Waals surface area contributed by atoms with E-state index in [0.29, 0.717) is 29.5 Å². The molecule has 0 saturated carbocycles. The van der Waals surface area contributed by atoms with Gasteiger partial charge in [-0.15, -0.1) is 0 Å². The van der Waals surface area contributed by atoms with Gasteiger partial charge in [0.15, 0.2) is 5.76 Å². The smallest absolute Gasteiger partial charge is 0.255 e. The molecule has 0 bridgehead atoms. The Morgan fingerprint density at radius 1 is 0.977 bits per heavy atom. The highest BCUT2D eigenvalue weighted by Crippen LogP contribution is 2.28. The van der Waals surface area contributed by atoms with Crippen LogP contribution in [0.2, 0.25) is 0 Å². The van der Waals surface area contributed by atoms with Crippen LogP contribution in [0.5, 0.6) is 0 Å². The van der Waals surface area contributed by atoms with E-state index in [1.54, 1.807) is 24.8 Å². The lowest BCUT2D eigenvalue weighted by Gasteiger charge is -2.20. The second-order valence-corrected chi connectivity index (χ2v) is 11.5. The molecule has 1 atom stereocenters. The fourth-order valence-electron chi connectivity index (χ4n) is 5.74. The van der Waals surface area contributed by atoms with Crippen molar-refractivity contribution in [3.8, 4) is 22.6 Å². The van der Waals surface area contributed by atoms with E-state index in [-0.39, 0.29) is 5.91 Å². The van der Waals surface area contributed by atoms with E-state index >= 15 is 0 Å². The molecule has 1 fully saturated rings. The molecule has 0 spiro atoms. The second-order valence-electron chi connectivity index (χ2n) is 11.5. The fourth-order valence-corrected chi connectivity index (χ4v) is 5.74. The number of carbonyl (C=O) groups is 1. The van der Waals surface area contributed by atoms with Gasteiger partial charge in [-0.25, -0.2) is 9.97 Å². The van der Waals surface area contributed by atoms with E-state index in [1.807, 2.05) is 56.3 Å². The van der Waals surface area contributed by atoms with Gasteiger partial charge < -0.3 is 14.7 Å². The number of carbonyl (C=O) groups excluding carboxylic acids is 1. The van der Waals surface area contributed by atoms with Crippen LogP contribution in [0, 0.1) is 13.8 Å². The van der Waals surface area contributed by atoms with Crippen LogP contribution in [0.3, 0.4) is 0 Å². The zero-order valence-corrected chi connectivity index (χ0v) is 24.9. The third kappa shape index (κ3) is 6.70. The minimum absolute atomic E-state index is 0.136. The average Bonchev–Trinajstić information content (AvgIpc) is 3.34. The maximum Gasteiger partial charge on any atom is 0.255 e. The van der Waals surface area contributed by atoms with Crippen molar-refractivity contribution in [1.29, 1.82) is 0 Å². The molecule has 0 radical (unpaired) electrons. The van der Waals surface area contributed by atoms with E-state index in [1.165, 1.54) is 24.8 Å². The van der Waals surface area contributed by atoms with Gasteiger partial charge in [-0.05, 0) is 99.3 Å². The maximum absolute atomic E-state index is 13.2. The number of nitrogens with zero attached hydrogens (tertiary/aromatic N) is 5. The zero-order chi connectivity index (χ0) is 29.8. The molecule has 218 valence electrons. The number of aryl methyl sites for hydroxylation is 2. The van der Waals surface area contributed by atoms with Gasteiger partial charge in [-0.3, -0.25) is 9.78 Å². The predicted octanol–water partition coefficient (Wildman–Crippen LogP) is 6.85. The van der Waals surface area contributed by atoms with E-state index in [2.05, 4.69) is 44.5 Å². The van der Waals surface area contributed by atoms with E-state index in [4.69, 9.17) is 9.51 Å². The molecule has 8 nitrogen and oxygen atoms in total. The first-order valence-electron chi connectivity index (χ1n) is 14.8. The normalized spacial score (nSPS) is 15.7. The molecule has 1 N–H and O–H groups in total. The molecule has 5 aromatic rings. The topological polar surface area (TPSA) is 97.0 Å². The first-order chi connectivity index (χ1) is 20.9. The number of likely N-dealkylation sites (N-methyl/N-ethyl adjacent to an activating group) is 1. The van der Waals surface area contributed by atoms with Gasteiger partial charge in [0.25, 0.3) is 5.91 Å². The van der Waals surface area contributed by atoms with Gasteiger partial charge in [-0.2, -0.15) is 0 Å². The van der Waals surface area contributed by atoms with Gasteiger partial charge in [0.2, 0.25) is 0 Å². The number of nitrogens with one attached hydrogen (secondary N) is 1. The molecule has 2 aromatic carbocycles. The van der Waals surface area contributed by atoms with Crippen molar-refractivity contribution in [3.05, 3.63) is 113 Å². The summed E-state index contributed by atoms with van der Waals surface area (Å²) < 4.78 is 5.41. The number of hydrogen-bond donors (Lipinski definition) is 1. The third-order valence-electron chi connectivity index (χ3n) is 8.22. The van der Waals surface area contributed by atoms with Crippen molar-refractivity contribution in [1.82, 2.24) is 25.0 Å². The van der Waals surface area contributed by atoms with Gasteiger partial charge in [0, 0.05) is 59.5 Å². The van der Waals surface area contributed by atoms with Crippen LogP contribution in [-0.4, -0.2) is 51.1 Å². The number of hydrogen-bond acceptors (Lipinski definition) is 7. The van der Waals surface area contributed by atoms with E-state index in [0.717, 1.165) is 52.3 Å². The van der Waals surface area contributed by atoms with Crippen LogP contribution in [0.15, 0.2) is 83.9 Å². The quantitative estimate of drug-likeness (QED) is 0.228. The third-order valence-corrected chi connectivity index (χ3v) is 8.22. The van der Waals surface area contributed by atoms with Crippen molar-refractivity contribution in [2.75, 3.05) is 25.5 Å². The number of likely N-dealkylation sites (tertiary alicyclic amines) is 1. The lowest BCUT2D eigenvalue weighted by molar-refractivity contribution is 0.102. The van der Waals surface area contributed by atoms with Crippen LogP contribution in [0.25, 0.3) is 22.6 Å². The Bertz CT molecular complexity index is 1730. The molecule has 4 heterocycles. The van der Waals surface area contributed by atoms with Crippen molar-refractivity contribution in [3.63, 3.8) is 0 Å². The van der Waals surface area contributed by atoms with Crippen LogP contribution in [0.4, 0.5) is 5.69 Å². The molecule has 0 aliphatic carbocycles. The minimum Gasteiger partial charge on any atom is -0.356 e. The molecule has 1 aliphatic heterocycles. The minimum atomic E-state index is -0.136. The maximum atomic E-state index is 13.2. The lowest BCUT2D eigenvalue weighted by atomic mass is 9.94. The fraction of sp³-hybridized carbons (Fsp3) is 0.286. The SMILES string of the molecule is Cc1ccc(C(=O)Nc2ccc(C3CCCCN(C)C3)cc2)cc1Cc1nccc(-c2cncc(-c3oncc3C)c2)n1. The molecule has 1 unspecified atom stereocenters. The summed E-state index contributed by atoms with van der Waals surface area (Å²) in [6.07, 6.45) is 11.2. The number of aromatic nitrogens is 4. The van der Waals surface area contributed by atoms with Crippen molar-refractivity contribution >= 4 is 11.6 Å². The van der Waals surface area contributed by atoms with Crippen LogP contribution >= 0.6 is 0 Å². The highest BCUT2D eigenvalue weighted by molar-refractivity contribution is 6.04.